The van der Waals surface area contributed by atoms with Crippen molar-refractivity contribution in [3.8, 4) is 5.75 Å². The smallest absolute Gasteiger partial charge is 0.115 e. The average molecular weight is 365 g/mol. The van der Waals surface area contributed by atoms with Crippen LogP contribution in [0.3, 0.4) is 0 Å². The third-order valence-electron chi connectivity index (χ3n) is 6.67. The molecule has 2 aliphatic heterocycles. The van der Waals surface area contributed by atoms with Crippen LogP contribution in [0.2, 0.25) is 0 Å². The molecule has 0 amide bonds. The molecular weight excluding hydrogens is 332 g/mol. The lowest BCUT2D eigenvalue weighted by molar-refractivity contribution is 0.0137. The summed E-state index contributed by atoms with van der Waals surface area (Å²) >= 11 is 0. The van der Waals surface area contributed by atoms with Crippen molar-refractivity contribution in [1.82, 2.24) is 9.80 Å². The molecule has 3 heteroatoms. The highest BCUT2D eigenvalue weighted by molar-refractivity contribution is 5.27. The van der Waals surface area contributed by atoms with Gasteiger partial charge in [-0.3, -0.25) is 4.90 Å². The number of piperidine rings is 2. The quantitative estimate of drug-likeness (QED) is 0.866. The zero-order chi connectivity index (χ0) is 18.7. The predicted molar refractivity (Wildman–Crippen MR) is 111 cm³/mol. The van der Waals surface area contributed by atoms with Crippen molar-refractivity contribution in [3.05, 3.63) is 65.7 Å². The van der Waals surface area contributed by atoms with Crippen molar-refractivity contribution in [3.63, 3.8) is 0 Å². The van der Waals surface area contributed by atoms with Gasteiger partial charge in [0.1, 0.15) is 5.75 Å². The van der Waals surface area contributed by atoms with Gasteiger partial charge in [0.25, 0.3) is 0 Å². The third-order valence-corrected chi connectivity index (χ3v) is 6.67. The number of phenolic OH excluding ortho intramolecular Hbond substituents is 1. The van der Waals surface area contributed by atoms with Gasteiger partial charge < -0.3 is 10.0 Å². The molecule has 2 saturated heterocycles. The maximum atomic E-state index is 9.71. The summed E-state index contributed by atoms with van der Waals surface area (Å²) in [6.07, 6.45) is 3.89. The second kappa shape index (κ2) is 8.04. The first-order valence-corrected chi connectivity index (χ1v) is 10.4. The Balaban J connectivity index is 1.42. The summed E-state index contributed by atoms with van der Waals surface area (Å²) < 4.78 is 0. The second-order valence-corrected chi connectivity index (χ2v) is 8.59. The number of likely N-dealkylation sites (N-methyl/N-ethyl adjacent to an activating group) is 1. The fourth-order valence-corrected chi connectivity index (χ4v) is 5.15. The van der Waals surface area contributed by atoms with Crippen LogP contribution in [0.25, 0.3) is 0 Å². The van der Waals surface area contributed by atoms with E-state index in [1.807, 2.05) is 12.1 Å². The van der Waals surface area contributed by atoms with Gasteiger partial charge >= 0.3 is 0 Å². The van der Waals surface area contributed by atoms with E-state index in [2.05, 4.69) is 53.1 Å². The summed E-state index contributed by atoms with van der Waals surface area (Å²) in [5, 5.41) is 9.71. The number of likely N-dealkylation sites (tertiary alicyclic amines) is 2. The van der Waals surface area contributed by atoms with Gasteiger partial charge in [-0.15, -0.1) is 0 Å². The van der Waals surface area contributed by atoms with Gasteiger partial charge in [-0.05, 0) is 73.5 Å². The Bertz CT molecular complexity index is 737. The number of hydrogen-bond donors (Lipinski definition) is 1. The molecule has 1 N–H and O–H groups in total. The zero-order valence-electron chi connectivity index (χ0n) is 16.5. The minimum atomic E-state index is 0.373. The van der Waals surface area contributed by atoms with Gasteiger partial charge in [-0.2, -0.15) is 0 Å². The van der Waals surface area contributed by atoms with E-state index < -0.39 is 0 Å². The molecule has 0 bridgehead atoms. The van der Waals surface area contributed by atoms with E-state index in [0.717, 1.165) is 26.2 Å². The number of rotatable bonds is 4. The number of phenols is 1. The SMILES string of the molecule is CCN1C[C@H](c2ccccc2)CC2(CCN(Cc3cccc(O)c3)CC2)C1. The fraction of sp³-hybridized carbons (Fsp3) is 0.500. The summed E-state index contributed by atoms with van der Waals surface area (Å²) in [7, 11) is 0. The maximum absolute atomic E-state index is 9.71. The van der Waals surface area contributed by atoms with Crippen LogP contribution >= 0.6 is 0 Å². The molecule has 2 aromatic carbocycles. The van der Waals surface area contributed by atoms with Crippen LogP contribution in [0.15, 0.2) is 54.6 Å². The second-order valence-electron chi connectivity index (χ2n) is 8.59. The monoisotopic (exact) mass is 364 g/mol. The van der Waals surface area contributed by atoms with E-state index in [4.69, 9.17) is 0 Å². The lowest BCUT2D eigenvalue weighted by Gasteiger charge is -2.50. The van der Waals surface area contributed by atoms with Crippen LogP contribution in [0.5, 0.6) is 5.75 Å². The Kier molecular flexibility index (Phi) is 5.51. The molecule has 0 saturated carbocycles. The Morgan fingerprint density at radius 2 is 1.78 bits per heavy atom. The molecule has 2 aromatic rings. The molecule has 0 aliphatic carbocycles. The highest BCUT2D eigenvalue weighted by atomic mass is 16.3. The summed E-state index contributed by atoms with van der Waals surface area (Å²) in [6, 6.07) is 18.8. The zero-order valence-corrected chi connectivity index (χ0v) is 16.5. The standard InChI is InChI=1S/C24H32N2O/c1-2-25-18-22(21-8-4-3-5-9-21)16-24(19-25)11-13-26(14-12-24)17-20-7-6-10-23(27)15-20/h3-10,15,22,27H,2,11-14,16-19H2,1H3/t22-/m1/s1. The summed E-state index contributed by atoms with van der Waals surface area (Å²) in [5.41, 5.74) is 3.19. The fourth-order valence-electron chi connectivity index (χ4n) is 5.15. The van der Waals surface area contributed by atoms with Gasteiger partial charge in [0.05, 0.1) is 0 Å². The molecule has 2 fully saturated rings. The van der Waals surface area contributed by atoms with Gasteiger partial charge in [-0.25, -0.2) is 0 Å². The van der Waals surface area contributed by atoms with Crippen LogP contribution in [0.4, 0.5) is 0 Å². The molecule has 3 nitrogen and oxygen atoms in total. The normalized spacial score (nSPS) is 23.5. The average Bonchev–Trinajstić information content (AvgIpc) is 2.70. The van der Waals surface area contributed by atoms with E-state index >= 15 is 0 Å². The maximum Gasteiger partial charge on any atom is 0.115 e. The predicted octanol–water partition coefficient (Wildman–Crippen LogP) is 4.48. The van der Waals surface area contributed by atoms with Crippen LogP contribution in [-0.4, -0.2) is 47.6 Å². The third kappa shape index (κ3) is 4.36. The van der Waals surface area contributed by atoms with Crippen LogP contribution in [-0.2, 0) is 6.54 Å². The molecule has 0 radical (unpaired) electrons. The molecule has 1 atom stereocenters. The van der Waals surface area contributed by atoms with Gasteiger partial charge in [0.15, 0.2) is 0 Å². The molecule has 144 valence electrons. The molecule has 2 aliphatic rings. The van der Waals surface area contributed by atoms with E-state index in [0.29, 0.717) is 17.1 Å². The summed E-state index contributed by atoms with van der Waals surface area (Å²) in [6.45, 7) is 9.19. The highest BCUT2D eigenvalue weighted by Gasteiger charge is 2.41. The van der Waals surface area contributed by atoms with Crippen molar-refractivity contribution in [2.24, 2.45) is 5.41 Å². The van der Waals surface area contributed by atoms with Crippen LogP contribution in [0.1, 0.15) is 43.2 Å². The van der Waals surface area contributed by atoms with E-state index in [1.54, 1.807) is 6.07 Å². The van der Waals surface area contributed by atoms with Crippen molar-refractivity contribution in [2.45, 2.75) is 38.6 Å². The lowest BCUT2D eigenvalue weighted by Crippen LogP contribution is -2.51. The minimum absolute atomic E-state index is 0.373. The van der Waals surface area contributed by atoms with Crippen molar-refractivity contribution in [1.29, 1.82) is 0 Å². The Labute approximate surface area is 163 Å². The largest absolute Gasteiger partial charge is 0.508 e. The first-order valence-electron chi connectivity index (χ1n) is 10.4. The van der Waals surface area contributed by atoms with E-state index in [9.17, 15) is 5.11 Å². The van der Waals surface area contributed by atoms with Gasteiger partial charge in [-0.1, -0.05) is 49.4 Å². The lowest BCUT2D eigenvalue weighted by atomic mass is 9.68. The Hall–Kier alpha value is -1.84. The van der Waals surface area contributed by atoms with Crippen molar-refractivity contribution >= 4 is 0 Å². The summed E-state index contributed by atoms with van der Waals surface area (Å²) in [5.74, 6) is 1.04. The Morgan fingerprint density at radius 3 is 2.48 bits per heavy atom. The van der Waals surface area contributed by atoms with Gasteiger partial charge in [0.2, 0.25) is 0 Å². The minimum Gasteiger partial charge on any atom is -0.508 e. The molecule has 27 heavy (non-hydrogen) atoms. The molecule has 0 unspecified atom stereocenters. The summed E-state index contributed by atoms with van der Waals surface area (Å²) in [4.78, 5) is 5.23. The first-order chi connectivity index (χ1) is 13.2. The van der Waals surface area contributed by atoms with Crippen molar-refractivity contribution < 1.29 is 5.11 Å². The molecule has 1 spiro atoms. The molecular formula is C24H32N2O. The van der Waals surface area contributed by atoms with Crippen molar-refractivity contribution in [2.75, 3.05) is 32.7 Å². The molecule has 0 aromatic heterocycles. The molecule has 2 heterocycles. The number of nitrogens with zero attached hydrogens (tertiary/aromatic N) is 2. The van der Waals surface area contributed by atoms with Crippen LogP contribution < -0.4 is 0 Å². The molecule has 4 rings (SSSR count). The number of benzene rings is 2. The Morgan fingerprint density at radius 1 is 1.00 bits per heavy atom. The van der Waals surface area contributed by atoms with Crippen LogP contribution in [0, 0.1) is 5.41 Å². The van der Waals surface area contributed by atoms with E-state index in [-0.39, 0.29) is 0 Å². The van der Waals surface area contributed by atoms with E-state index in [1.165, 1.54) is 43.5 Å². The number of aromatic hydroxyl groups is 1. The highest BCUT2D eigenvalue weighted by Crippen LogP contribution is 2.45. The number of hydrogen-bond acceptors (Lipinski definition) is 3. The first kappa shape index (κ1) is 18.5. The topological polar surface area (TPSA) is 26.7 Å². The van der Waals surface area contributed by atoms with Gasteiger partial charge in [0, 0.05) is 19.6 Å².